The maximum atomic E-state index is 12.8. The molecule has 1 aromatic rings. The van der Waals surface area contributed by atoms with Crippen molar-refractivity contribution in [2.75, 3.05) is 46.9 Å². The predicted molar refractivity (Wildman–Crippen MR) is 104 cm³/mol. The summed E-state index contributed by atoms with van der Waals surface area (Å²) in [6, 6.07) is 8.76. The fourth-order valence-corrected chi connectivity index (χ4v) is 4.63. The van der Waals surface area contributed by atoms with Crippen LogP contribution in [0.1, 0.15) is 30.4 Å². The molecule has 2 aliphatic heterocycles. The first-order chi connectivity index (χ1) is 12.4. The number of fused-ring (bicyclic) bond motifs is 1. The van der Waals surface area contributed by atoms with Gasteiger partial charge in [-0.3, -0.25) is 9.69 Å². The van der Waals surface area contributed by atoms with E-state index in [0.29, 0.717) is 6.54 Å². The first-order valence-corrected chi connectivity index (χ1v) is 9.76. The number of carbonyl (C=O) groups excluding carboxylic acids is 1. The molecule has 0 radical (unpaired) electrons. The van der Waals surface area contributed by atoms with Crippen molar-refractivity contribution >= 4 is 5.91 Å². The van der Waals surface area contributed by atoms with Crippen LogP contribution in [-0.4, -0.2) is 78.6 Å². The number of likely N-dealkylation sites (N-methyl/N-ethyl adjacent to an activating group) is 2. The number of hydrogen-bond acceptors (Lipinski definition) is 4. The molecule has 1 amide bonds. The van der Waals surface area contributed by atoms with Gasteiger partial charge in [-0.15, -0.1) is 0 Å². The molecule has 0 aromatic heterocycles. The summed E-state index contributed by atoms with van der Waals surface area (Å²) in [5.74, 6) is 0.199. The van der Waals surface area contributed by atoms with E-state index < -0.39 is 0 Å². The Bertz CT molecular complexity index is 618. The normalized spacial score (nSPS) is 26.8. The molecule has 1 N–H and O–H groups in total. The molecule has 2 atom stereocenters. The van der Waals surface area contributed by atoms with Gasteiger partial charge in [-0.25, -0.2) is 0 Å². The monoisotopic (exact) mass is 359 g/mol. The van der Waals surface area contributed by atoms with Gasteiger partial charge in [0.25, 0.3) is 0 Å². The lowest BCUT2D eigenvalue weighted by atomic mass is 9.69. The van der Waals surface area contributed by atoms with Crippen LogP contribution in [0.25, 0.3) is 0 Å². The highest BCUT2D eigenvalue weighted by Crippen LogP contribution is 2.41. The lowest BCUT2D eigenvalue weighted by molar-refractivity contribution is -0.140. The van der Waals surface area contributed by atoms with E-state index >= 15 is 0 Å². The van der Waals surface area contributed by atoms with Crippen molar-refractivity contribution in [3.05, 3.63) is 35.4 Å². The number of benzene rings is 1. The molecule has 2 heterocycles. The molecule has 0 unspecified atom stereocenters. The Morgan fingerprint density at radius 2 is 2.00 bits per heavy atom. The van der Waals surface area contributed by atoms with E-state index in [2.05, 4.69) is 48.0 Å². The van der Waals surface area contributed by atoms with E-state index in [1.165, 1.54) is 11.1 Å². The largest absolute Gasteiger partial charge is 0.396 e. The van der Waals surface area contributed by atoms with Gasteiger partial charge in [-0.05, 0) is 52.4 Å². The van der Waals surface area contributed by atoms with Gasteiger partial charge >= 0.3 is 0 Å². The summed E-state index contributed by atoms with van der Waals surface area (Å²) < 4.78 is 0. The molecule has 5 nitrogen and oxygen atoms in total. The van der Waals surface area contributed by atoms with Crippen LogP contribution in [0.2, 0.25) is 0 Å². The third kappa shape index (κ3) is 4.11. The molecule has 2 aliphatic rings. The molecule has 26 heavy (non-hydrogen) atoms. The molecule has 0 bridgehead atoms. The highest BCUT2D eigenvalue weighted by atomic mass is 16.3. The molecule has 0 saturated carbocycles. The number of rotatable bonds is 5. The van der Waals surface area contributed by atoms with Gasteiger partial charge in [0.05, 0.1) is 13.2 Å². The zero-order valence-electron chi connectivity index (χ0n) is 16.4. The number of aryl methyl sites for hydroxylation is 1. The van der Waals surface area contributed by atoms with E-state index in [1.807, 2.05) is 11.9 Å². The third-order valence-electron chi connectivity index (χ3n) is 6.34. The Labute approximate surface area is 157 Å². The van der Waals surface area contributed by atoms with Crippen molar-refractivity contribution < 1.29 is 9.90 Å². The number of hydrogen-bond donors (Lipinski definition) is 1. The van der Waals surface area contributed by atoms with E-state index in [-0.39, 0.29) is 24.0 Å². The van der Waals surface area contributed by atoms with Gasteiger partial charge in [0, 0.05) is 31.1 Å². The Hall–Kier alpha value is -1.43. The average molecular weight is 360 g/mol. The van der Waals surface area contributed by atoms with E-state index in [9.17, 15) is 9.90 Å². The summed E-state index contributed by atoms with van der Waals surface area (Å²) in [5, 5.41) is 10.0. The zero-order chi connectivity index (χ0) is 18.7. The second kappa shape index (κ2) is 8.07. The molecule has 0 aliphatic carbocycles. The first kappa shape index (κ1) is 19.3. The number of carbonyl (C=O) groups is 1. The van der Waals surface area contributed by atoms with Gasteiger partial charge in [0.1, 0.15) is 0 Å². The Morgan fingerprint density at radius 1 is 1.27 bits per heavy atom. The Balaban J connectivity index is 1.57. The summed E-state index contributed by atoms with van der Waals surface area (Å²) in [6.07, 6.45) is 3.13. The van der Waals surface area contributed by atoms with Gasteiger partial charge in [0.15, 0.2) is 0 Å². The molecule has 2 fully saturated rings. The molecular formula is C21H33N3O2. The predicted octanol–water partition coefficient (Wildman–Crippen LogP) is 1.73. The molecule has 144 valence electrons. The minimum Gasteiger partial charge on any atom is -0.396 e. The zero-order valence-corrected chi connectivity index (χ0v) is 16.4. The van der Waals surface area contributed by atoms with Crippen molar-refractivity contribution in [1.29, 1.82) is 0 Å². The smallest absolute Gasteiger partial charge is 0.236 e. The van der Waals surface area contributed by atoms with Crippen LogP contribution >= 0.6 is 0 Å². The van der Waals surface area contributed by atoms with Crippen LogP contribution in [-0.2, 0) is 11.3 Å². The van der Waals surface area contributed by atoms with Crippen molar-refractivity contribution in [3.8, 4) is 0 Å². The van der Waals surface area contributed by atoms with Crippen molar-refractivity contribution in [3.63, 3.8) is 0 Å². The van der Waals surface area contributed by atoms with Gasteiger partial charge in [-0.1, -0.05) is 29.8 Å². The van der Waals surface area contributed by atoms with Crippen LogP contribution < -0.4 is 0 Å². The minimum atomic E-state index is -0.0163. The summed E-state index contributed by atoms with van der Waals surface area (Å²) in [5.41, 5.74) is 2.47. The molecular weight excluding hydrogens is 326 g/mol. The Kier molecular flexibility index (Phi) is 6.00. The molecule has 3 rings (SSSR count). The topological polar surface area (TPSA) is 47.0 Å². The highest BCUT2D eigenvalue weighted by Gasteiger charge is 2.47. The van der Waals surface area contributed by atoms with Crippen LogP contribution in [0.3, 0.4) is 0 Å². The maximum Gasteiger partial charge on any atom is 0.236 e. The second-order valence-electron chi connectivity index (χ2n) is 8.37. The molecule has 1 aromatic carbocycles. The highest BCUT2D eigenvalue weighted by molar-refractivity contribution is 5.78. The SMILES string of the molecule is Cc1ccc(CN(C)CC(=O)N2CC[C@@]3(CO)CCCN(C)[C@@H]3C2)cc1. The second-order valence-corrected chi connectivity index (χ2v) is 8.37. The number of piperidine rings is 2. The van der Waals surface area contributed by atoms with Crippen molar-refractivity contribution in [2.24, 2.45) is 5.41 Å². The number of aliphatic hydroxyl groups excluding tert-OH is 1. The third-order valence-corrected chi connectivity index (χ3v) is 6.34. The first-order valence-electron chi connectivity index (χ1n) is 9.76. The Morgan fingerprint density at radius 3 is 2.69 bits per heavy atom. The fraction of sp³-hybridized carbons (Fsp3) is 0.667. The van der Waals surface area contributed by atoms with Gasteiger partial charge in [-0.2, -0.15) is 0 Å². The lowest BCUT2D eigenvalue weighted by Crippen LogP contribution is -2.62. The fourth-order valence-electron chi connectivity index (χ4n) is 4.63. The maximum absolute atomic E-state index is 12.8. The summed E-state index contributed by atoms with van der Waals surface area (Å²) >= 11 is 0. The number of nitrogens with zero attached hydrogens (tertiary/aromatic N) is 3. The number of likely N-dealkylation sites (tertiary alicyclic amines) is 2. The van der Waals surface area contributed by atoms with Crippen LogP contribution in [0, 0.1) is 12.3 Å². The summed E-state index contributed by atoms with van der Waals surface area (Å²) in [4.78, 5) is 19.3. The van der Waals surface area contributed by atoms with E-state index in [0.717, 1.165) is 45.4 Å². The molecule has 0 spiro atoms. The van der Waals surface area contributed by atoms with Crippen molar-refractivity contribution in [1.82, 2.24) is 14.7 Å². The van der Waals surface area contributed by atoms with E-state index in [4.69, 9.17) is 0 Å². The average Bonchev–Trinajstić information content (AvgIpc) is 2.63. The summed E-state index contributed by atoms with van der Waals surface area (Å²) in [7, 11) is 4.14. The van der Waals surface area contributed by atoms with Crippen LogP contribution in [0.15, 0.2) is 24.3 Å². The van der Waals surface area contributed by atoms with Gasteiger partial charge < -0.3 is 14.9 Å². The quantitative estimate of drug-likeness (QED) is 0.870. The van der Waals surface area contributed by atoms with E-state index in [1.54, 1.807) is 0 Å². The summed E-state index contributed by atoms with van der Waals surface area (Å²) in [6.45, 7) is 6.11. The minimum absolute atomic E-state index is 0.0163. The lowest BCUT2D eigenvalue weighted by Gasteiger charge is -2.53. The van der Waals surface area contributed by atoms with Crippen molar-refractivity contribution in [2.45, 2.75) is 38.8 Å². The standard InChI is InChI=1S/C21H33N3O2/c1-17-5-7-18(8-6-17)13-22(2)15-20(26)24-12-10-21(16-25)9-4-11-23(3)19(21)14-24/h5-8,19,25H,4,9-16H2,1-3H3/t19-,21-/m1/s1. The molecule has 2 saturated heterocycles. The number of amides is 1. The number of aliphatic hydroxyl groups is 1. The molecule has 5 heteroatoms. The van der Waals surface area contributed by atoms with Crippen LogP contribution in [0.4, 0.5) is 0 Å². The van der Waals surface area contributed by atoms with Gasteiger partial charge in [0.2, 0.25) is 5.91 Å². The van der Waals surface area contributed by atoms with Crippen LogP contribution in [0.5, 0.6) is 0 Å².